The van der Waals surface area contributed by atoms with Crippen molar-refractivity contribution in [2.75, 3.05) is 30.0 Å². The smallest absolute Gasteiger partial charge is 0.145 e. The largest absolute Gasteiger partial charge is 0.396 e. The molecule has 1 aliphatic rings. The van der Waals surface area contributed by atoms with Crippen molar-refractivity contribution in [2.24, 2.45) is 11.8 Å². The van der Waals surface area contributed by atoms with Gasteiger partial charge in [0, 0.05) is 25.8 Å². The SMILES string of the molecule is NNc1cc(N2CCC(CCO)C2)ncn1. The lowest BCUT2D eigenvalue weighted by Gasteiger charge is -2.17. The van der Waals surface area contributed by atoms with Gasteiger partial charge in [0.15, 0.2) is 0 Å². The van der Waals surface area contributed by atoms with Gasteiger partial charge in [0.05, 0.1) is 0 Å². The first-order valence-corrected chi connectivity index (χ1v) is 5.48. The summed E-state index contributed by atoms with van der Waals surface area (Å²) in [5, 5.41) is 8.89. The van der Waals surface area contributed by atoms with Crippen LogP contribution in [0.15, 0.2) is 12.4 Å². The van der Waals surface area contributed by atoms with Gasteiger partial charge in [-0.3, -0.25) is 0 Å². The second kappa shape index (κ2) is 5.09. The molecule has 88 valence electrons. The van der Waals surface area contributed by atoms with Crippen LogP contribution in [0.5, 0.6) is 0 Å². The summed E-state index contributed by atoms with van der Waals surface area (Å²) < 4.78 is 0. The van der Waals surface area contributed by atoms with Crippen LogP contribution in [-0.4, -0.2) is 34.8 Å². The lowest BCUT2D eigenvalue weighted by molar-refractivity contribution is 0.263. The molecule has 0 aromatic carbocycles. The normalized spacial score (nSPS) is 20.1. The minimum Gasteiger partial charge on any atom is -0.396 e. The minimum absolute atomic E-state index is 0.262. The van der Waals surface area contributed by atoms with Crippen LogP contribution in [0, 0.1) is 5.92 Å². The number of nitrogens with one attached hydrogen (secondary N) is 1. The zero-order chi connectivity index (χ0) is 11.4. The molecule has 2 heterocycles. The quantitative estimate of drug-likeness (QED) is 0.491. The molecule has 6 heteroatoms. The Kier molecular flexibility index (Phi) is 3.53. The van der Waals surface area contributed by atoms with E-state index in [4.69, 9.17) is 10.9 Å². The van der Waals surface area contributed by atoms with Gasteiger partial charge in [-0.2, -0.15) is 0 Å². The van der Waals surface area contributed by atoms with E-state index in [0.717, 1.165) is 31.7 Å². The third-order valence-corrected chi connectivity index (χ3v) is 2.95. The molecular formula is C10H17N5O. The van der Waals surface area contributed by atoms with Crippen LogP contribution in [-0.2, 0) is 0 Å². The summed E-state index contributed by atoms with van der Waals surface area (Å²) in [6.07, 6.45) is 3.48. The molecule has 4 N–H and O–H groups in total. The fraction of sp³-hybridized carbons (Fsp3) is 0.600. The Labute approximate surface area is 94.5 Å². The molecule has 0 spiro atoms. The van der Waals surface area contributed by atoms with Gasteiger partial charge in [-0.1, -0.05) is 0 Å². The maximum atomic E-state index is 8.89. The summed E-state index contributed by atoms with van der Waals surface area (Å²) in [6.45, 7) is 2.19. The van der Waals surface area contributed by atoms with E-state index in [2.05, 4.69) is 20.3 Å². The minimum atomic E-state index is 0.262. The Hall–Kier alpha value is -1.40. The standard InChI is InChI=1S/C10H17N5O/c11-14-9-5-10(13-7-12-9)15-3-1-8(6-15)2-4-16/h5,7-8,16H,1-4,6,11H2,(H,12,13,14). The predicted octanol–water partition coefficient (Wildman–Crippen LogP) is -0.0291. The van der Waals surface area contributed by atoms with Gasteiger partial charge >= 0.3 is 0 Å². The van der Waals surface area contributed by atoms with Crippen LogP contribution < -0.4 is 16.2 Å². The van der Waals surface area contributed by atoms with Gasteiger partial charge < -0.3 is 15.4 Å². The average Bonchev–Trinajstić information content (AvgIpc) is 2.78. The summed E-state index contributed by atoms with van der Waals surface area (Å²) in [4.78, 5) is 10.4. The van der Waals surface area contributed by atoms with E-state index in [0.29, 0.717) is 11.7 Å². The van der Waals surface area contributed by atoms with Crippen molar-refractivity contribution in [3.63, 3.8) is 0 Å². The number of hydrogen-bond acceptors (Lipinski definition) is 6. The number of aromatic nitrogens is 2. The van der Waals surface area contributed by atoms with Crippen LogP contribution in [0.4, 0.5) is 11.6 Å². The molecule has 1 saturated heterocycles. The van der Waals surface area contributed by atoms with Gasteiger partial charge in [0.25, 0.3) is 0 Å². The first-order valence-electron chi connectivity index (χ1n) is 5.48. The van der Waals surface area contributed by atoms with Crippen molar-refractivity contribution in [2.45, 2.75) is 12.8 Å². The molecule has 0 bridgehead atoms. The van der Waals surface area contributed by atoms with E-state index >= 15 is 0 Å². The number of aliphatic hydroxyl groups is 1. The molecule has 1 aliphatic heterocycles. The van der Waals surface area contributed by atoms with Crippen molar-refractivity contribution in [3.8, 4) is 0 Å². The summed E-state index contributed by atoms with van der Waals surface area (Å²) >= 11 is 0. The van der Waals surface area contributed by atoms with Crippen molar-refractivity contribution < 1.29 is 5.11 Å². The highest BCUT2D eigenvalue weighted by atomic mass is 16.3. The predicted molar refractivity (Wildman–Crippen MR) is 61.9 cm³/mol. The highest BCUT2D eigenvalue weighted by Gasteiger charge is 2.23. The molecule has 1 aromatic heterocycles. The Bertz CT molecular complexity index is 346. The summed E-state index contributed by atoms with van der Waals surface area (Å²) in [6, 6.07) is 1.83. The Morgan fingerprint density at radius 2 is 2.44 bits per heavy atom. The summed E-state index contributed by atoms with van der Waals surface area (Å²) in [7, 11) is 0. The molecule has 1 unspecified atom stereocenters. The van der Waals surface area contributed by atoms with E-state index in [-0.39, 0.29) is 6.61 Å². The lowest BCUT2D eigenvalue weighted by Crippen LogP contribution is -2.21. The molecular weight excluding hydrogens is 206 g/mol. The average molecular weight is 223 g/mol. The van der Waals surface area contributed by atoms with E-state index in [1.54, 1.807) is 0 Å². The van der Waals surface area contributed by atoms with Crippen molar-refractivity contribution in [1.82, 2.24) is 9.97 Å². The maximum Gasteiger partial charge on any atom is 0.145 e. The summed E-state index contributed by atoms with van der Waals surface area (Å²) in [5.74, 6) is 7.38. The van der Waals surface area contributed by atoms with Gasteiger partial charge in [0.2, 0.25) is 0 Å². The number of hydrazine groups is 1. The molecule has 1 atom stereocenters. The zero-order valence-corrected chi connectivity index (χ0v) is 9.13. The van der Waals surface area contributed by atoms with Gasteiger partial charge in [-0.25, -0.2) is 15.8 Å². The molecule has 0 saturated carbocycles. The van der Waals surface area contributed by atoms with Crippen molar-refractivity contribution in [1.29, 1.82) is 0 Å². The van der Waals surface area contributed by atoms with Crippen LogP contribution in [0.2, 0.25) is 0 Å². The highest BCUT2D eigenvalue weighted by molar-refractivity contribution is 5.48. The van der Waals surface area contributed by atoms with Gasteiger partial charge in [0.1, 0.15) is 18.0 Å². The third kappa shape index (κ3) is 2.40. The van der Waals surface area contributed by atoms with Gasteiger partial charge in [-0.15, -0.1) is 0 Å². The monoisotopic (exact) mass is 223 g/mol. The van der Waals surface area contributed by atoms with Crippen molar-refractivity contribution in [3.05, 3.63) is 12.4 Å². The fourth-order valence-corrected chi connectivity index (χ4v) is 2.06. The Balaban J connectivity index is 2.02. The molecule has 0 radical (unpaired) electrons. The third-order valence-electron chi connectivity index (χ3n) is 2.95. The number of rotatable bonds is 4. The Morgan fingerprint density at radius 1 is 1.56 bits per heavy atom. The Morgan fingerprint density at radius 3 is 3.19 bits per heavy atom. The zero-order valence-electron chi connectivity index (χ0n) is 9.13. The number of nitrogens with zero attached hydrogens (tertiary/aromatic N) is 3. The molecule has 1 fully saturated rings. The number of nitrogen functional groups attached to an aromatic ring is 1. The number of aliphatic hydroxyl groups excluding tert-OH is 1. The van der Waals surface area contributed by atoms with Crippen LogP contribution >= 0.6 is 0 Å². The number of hydrogen-bond donors (Lipinski definition) is 3. The van der Waals surface area contributed by atoms with Crippen LogP contribution in [0.25, 0.3) is 0 Å². The highest BCUT2D eigenvalue weighted by Crippen LogP contribution is 2.24. The fourth-order valence-electron chi connectivity index (χ4n) is 2.06. The second-order valence-corrected chi connectivity index (χ2v) is 4.02. The van der Waals surface area contributed by atoms with E-state index in [1.165, 1.54) is 6.33 Å². The molecule has 2 rings (SSSR count). The van der Waals surface area contributed by atoms with Crippen LogP contribution in [0.1, 0.15) is 12.8 Å². The number of nitrogens with two attached hydrogens (primary N) is 1. The number of anilines is 2. The molecule has 0 amide bonds. The molecule has 0 aliphatic carbocycles. The van der Waals surface area contributed by atoms with Crippen LogP contribution in [0.3, 0.4) is 0 Å². The van der Waals surface area contributed by atoms with E-state index in [1.807, 2.05) is 6.07 Å². The lowest BCUT2D eigenvalue weighted by atomic mass is 10.1. The van der Waals surface area contributed by atoms with Gasteiger partial charge in [-0.05, 0) is 18.8 Å². The van der Waals surface area contributed by atoms with Crippen molar-refractivity contribution >= 4 is 11.6 Å². The molecule has 16 heavy (non-hydrogen) atoms. The first-order chi connectivity index (χ1) is 7.83. The first kappa shape index (κ1) is 11.1. The molecule has 6 nitrogen and oxygen atoms in total. The summed E-state index contributed by atoms with van der Waals surface area (Å²) in [5.41, 5.74) is 2.51. The maximum absolute atomic E-state index is 8.89. The van der Waals surface area contributed by atoms with E-state index in [9.17, 15) is 0 Å². The topological polar surface area (TPSA) is 87.3 Å². The molecule has 1 aromatic rings. The second-order valence-electron chi connectivity index (χ2n) is 4.02. The van der Waals surface area contributed by atoms with E-state index < -0.39 is 0 Å².